The molecule has 0 saturated carbocycles. The predicted molar refractivity (Wildman–Crippen MR) is 127 cm³/mol. The first-order valence-corrected chi connectivity index (χ1v) is 11.8. The van der Waals surface area contributed by atoms with Crippen molar-refractivity contribution in [2.45, 2.75) is 65.7 Å². The topological polar surface area (TPSA) is 192 Å². The van der Waals surface area contributed by atoms with Gasteiger partial charge < -0.3 is 16.0 Å². The van der Waals surface area contributed by atoms with Crippen molar-refractivity contribution in [3.05, 3.63) is 12.3 Å². The van der Waals surface area contributed by atoms with Gasteiger partial charge in [0.05, 0.1) is 0 Å². The Bertz CT molecular complexity index is 761. The number of allylic oxidation sites excluding steroid dienone is 1. The van der Waals surface area contributed by atoms with Crippen LogP contribution in [0.15, 0.2) is 12.3 Å². The highest BCUT2D eigenvalue weighted by Crippen LogP contribution is 2.05. The van der Waals surface area contributed by atoms with E-state index in [1.165, 1.54) is 0 Å². The standard InChI is InChI=1S/C22H40N6O8/c1-16(2)22(33)23-12-6-5-7-13-26(34)20(31)10-8-17(3)24-14-28(36)21(32)11-9-19(30)25-15-27(35)18(4)29/h16,24,34-36H,3,5-15H2,1-2,4H3,(H,23,33)(H,25,30). The molecule has 0 radical (unpaired) electrons. The van der Waals surface area contributed by atoms with Gasteiger partial charge in [0.1, 0.15) is 13.3 Å². The van der Waals surface area contributed by atoms with E-state index in [0.717, 1.165) is 19.8 Å². The smallest absolute Gasteiger partial charge is 0.248 e. The zero-order valence-corrected chi connectivity index (χ0v) is 21.3. The van der Waals surface area contributed by atoms with Crippen molar-refractivity contribution in [1.82, 2.24) is 31.1 Å². The van der Waals surface area contributed by atoms with E-state index in [0.29, 0.717) is 33.9 Å². The van der Waals surface area contributed by atoms with Gasteiger partial charge in [0.15, 0.2) is 0 Å². The lowest BCUT2D eigenvalue weighted by atomic mass is 10.2. The number of unbranched alkanes of at least 4 members (excludes halogenated alkanes) is 2. The lowest BCUT2D eigenvalue weighted by Gasteiger charge is -2.19. The lowest BCUT2D eigenvalue weighted by molar-refractivity contribution is -0.168. The molecule has 0 atom stereocenters. The molecular formula is C22H40N6O8. The molecule has 0 spiro atoms. The van der Waals surface area contributed by atoms with Gasteiger partial charge in [-0.2, -0.15) is 0 Å². The third kappa shape index (κ3) is 15.6. The Hall–Kier alpha value is -3.23. The van der Waals surface area contributed by atoms with Crippen LogP contribution in [-0.4, -0.2) is 86.8 Å². The van der Waals surface area contributed by atoms with E-state index in [4.69, 9.17) is 5.21 Å². The maximum atomic E-state index is 12.0. The van der Waals surface area contributed by atoms with Gasteiger partial charge >= 0.3 is 0 Å². The first-order chi connectivity index (χ1) is 16.8. The second kappa shape index (κ2) is 18.1. The van der Waals surface area contributed by atoms with Crippen LogP contribution in [0, 0.1) is 5.92 Å². The highest BCUT2D eigenvalue weighted by Gasteiger charge is 2.15. The van der Waals surface area contributed by atoms with E-state index in [1.807, 2.05) is 13.8 Å². The van der Waals surface area contributed by atoms with Crippen LogP contribution in [0.2, 0.25) is 0 Å². The van der Waals surface area contributed by atoms with Gasteiger partial charge in [-0.25, -0.2) is 15.2 Å². The monoisotopic (exact) mass is 516 g/mol. The first kappa shape index (κ1) is 32.8. The minimum absolute atomic E-state index is 0.0126. The maximum Gasteiger partial charge on any atom is 0.248 e. The van der Waals surface area contributed by atoms with E-state index in [9.17, 15) is 34.4 Å². The zero-order chi connectivity index (χ0) is 27.7. The van der Waals surface area contributed by atoms with Gasteiger partial charge in [-0.1, -0.05) is 20.4 Å². The summed E-state index contributed by atoms with van der Waals surface area (Å²) < 4.78 is 0. The second-order valence-electron chi connectivity index (χ2n) is 8.43. The molecule has 0 unspecified atom stereocenters. The molecule has 0 fully saturated rings. The van der Waals surface area contributed by atoms with Crippen LogP contribution in [0.5, 0.6) is 0 Å². The maximum absolute atomic E-state index is 12.0. The van der Waals surface area contributed by atoms with Crippen molar-refractivity contribution in [2.75, 3.05) is 26.4 Å². The summed E-state index contributed by atoms with van der Waals surface area (Å²) in [5, 5.41) is 37.8. The number of hydroxylamine groups is 6. The summed E-state index contributed by atoms with van der Waals surface area (Å²) in [6.45, 7) is 8.40. The second-order valence-corrected chi connectivity index (χ2v) is 8.43. The number of amides is 5. The molecule has 0 aliphatic carbocycles. The van der Waals surface area contributed by atoms with E-state index in [-0.39, 0.29) is 50.7 Å². The molecule has 0 aromatic rings. The van der Waals surface area contributed by atoms with Crippen LogP contribution in [-0.2, 0) is 24.0 Å². The summed E-state index contributed by atoms with van der Waals surface area (Å²) >= 11 is 0. The SMILES string of the molecule is C=C(CCC(=O)N(O)CCCCCNC(=O)C(C)C)NCN(O)C(=O)CCC(=O)NCN(O)C(C)=O. The molecule has 0 aromatic heterocycles. The van der Waals surface area contributed by atoms with Crippen molar-refractivity contribution in [1.29, 1.82) is 0 Å². The van der Waals surface area contributed by atoms with Gasteiger partial charge in [-0.05, 0) is 25.7 Å². The molecule has 206 valence electrons. The molecule has 6 N–H and O–H groups in total. The Morgan fingerprint density at radius 3 is 1.94 bits per heavy atom. The Morgan fingerprint density at radius 1 is 0.750 bits per heavy atom. The number of hydrogen-bond donors (Lipinski definition) is 6. The minimum atomic E-state index is -0.751. The fraction of sp³-hybridized carbons (Fsp3) is 0.682. The first-order valence-electron chi connectivity index (χ1n) is 11.8. The average molecular weight is 517 g/mol. The largest absolute Gasteiger partial charge is 0.370 e. The van der Waals surface area contributed by atoms with Crippen LogP contribution >= 0.6 is 0 Å². The summed E-state index contributed by atoms with van der Waals surface area (Å²) in [7, 11) is 0. The quantitative estimate of drug-likeness (QED) is 0.0643. The third-order valence-corrected chi connectivity index (χ3v) is 4.92. The van der Waals surface area contributed by atoms with Crippen molar-refractivity contribution in [3.8, 4) is 0 Å². The van der Waals surface area contributed by atoms with Crippen molar-refractivity contribution >= 4 is 29.5 Å². The summed E-state index contributed by atoms with van der Waals surface area (Å²) in [5.41, 5.74) is 0.356. The van der Waals surface area contributed by atoms with Crippen LogP contribution < -0.4 is 16.0 Å². The van der Waals surface area contributed by atoms with Crippen LogP contribution in [0.3, 0.4) is 0 Å². The molecule has 5 amide bonds. The molecule has 0 rings (SSSR count). The molecule has 0 aliphatic heterocycles. The Morgan fingerprint density at radius 2 is 1.33 bits per heavy atom. The van der Waals surface area contributed by atoms with E-state index < -0.39 is 30.3 Å². The van der Waals surface area contributed by atoms with Gasteiger partial charge in [0, 0.05) is 50.9 Å². The molecule has 14 nitrogen and oxygen atoms in total. The minimum Gasteiger partial charge on any atom is -0.370 e. The lowest BCUT2D eigenvalue weighted by Crippen LogP contribution is -2.39. The van der Waals surface area contributed by atoms with Crippen molar-refractivity contribution < 1.29 is 39.6 Å². The summed E-state index contributed by atoms with van der Waals surface area (Å²) in [6.07, 6.45) is 1.60. The van der Waals surface area contributed by atoms with Gasteiger partial charge in [-0.15, -0.1) is 0 Å². The molecule has 36 heavy (non-hydrogen) atoms. The molecule has 14 heteroatoms. The average Bonchev–Trinajstić information content (AvgIpc) is 2.83. The summed E-state index contributed by atoms with van der Waals surface area (Å²) in [4.78, 5) is 57.8. The number of nitrogens with one attached hydrogen (secondary N) is 3. The Labute approximate surface area is 211 Å². The zero-order valence-electron chi connectivity index (χ0n) is 21.3. The Balaban J connectivity index is 4.00. The van der Waals surface area contributed by atoms with Gasteiger partial charge in [-0.3, -0.25) is 39.6 Å². The van der Waals surface area contributed by atoms with Crippen LogP contribution in [0.4, 0.5) is 0 Å². The fourth-order valence-electron chi connectivity index (χ4n) is 2.57. The molecule has 0 bridgehead atoms. The van der Waals surface area contributed by atoms with E-state index in [1.54, 1.807) is 0 Å². The molecule has 0 heterocycles. The van der Waals surface area contributed by atoms with Crippen LogP contribution in [0.25, 0.3) is 0 Å². The number of carbonyl (C=O) groups excluding carboxylic acids is 5. The van der Waals surface area contributed by atoms with Gasteiger partial charge in [0.25, 0.3) is 0 Å². The highest BCUT2D eigenvalue weighted by molar-refractivity contribution is 5.83. The summed E-state index contributed by atoms with van der Waals surface area (Å²) in [5.74, 6) is -2.59. The normalized spacial score (nSPS) is 10.4. The van der Waals surface area contributed by atoms with Crippen LogP contribution in [0.1, 0.15) is 65.7 Å². The van der Waals surface area contributed by atoms with Crippen molar-refractivity contribution in [2.24, 2.45) is 5.92 Å². The Kier molecular flexibility index (Phi) is 16.5. The number of carbonyl (C=O) groups is 5. The molecular weight excluding hydrogens is 476 g/mol. The van der Waals surface area contributed by atoms with Crippen molar-refractivity contribution in [3.63, 3.8) is 0 Å². The van der Waals surface area contributed by atoms with E-state index >= 15 is 0 Å². The number of nitrogens with zero attached hydrogens (tertiary/aromatic N) is 3. The molecule has 0 aliphatic rings. The summed E-state index contributed by atoms with van der Waals surface area (Å²) in [6, 6.07) is 0. The van der Waals surface area contributed by atoms with E-state index in [2.05, 4.69) is 22.5 Å². The third-order valence-electron chi connectivity index (χ3n) is 4.92. The fourth-order valence-corrected chi connectivity index (χ4v) is 2.57. The number of rotatable bonds is 18. The molecule has 0 aromatic carbocycles. The predicted octanol–water partition coefficient (Wildman–Crippen LogP) is 0.297. The van der Waals surface area contributed by atoms with Gasteiger partial charge in [0.2, 0.25) is 29.5 Å². The highest BCUT2D eigenvalue weighted by atomic mass is 16.5. The molecule has 0 saturated heterocycles. The number of hydrogen-bond acceptors (Lipinski definition) is 9.